The third-order valence-electron chi connectivity index (χ3n) is 2.43. The molecule has 0 aliphatic carbocycles. The lowest BCUT2D eigenvalue weighted by atomic mass is 10.4. The Bertz CT molecular complexity index is 621. The van der Waals surface area contributed by atoms with E-state index < -0.39 is 0 Å². The van der Waals surface area contributed by atoms with E-state index in [4.69, 9.17) is 4.42 Å². The van der Waals surface area contributed by atoms with Gasteiger partial charge in [0.25, 0.3) is 11.8 Å². The summed E-state index contributed by atoms with van der Waals surface area (Å²) < 4.78 is 6.14. The molecule has 0 aliphatic rings. The fourth-order valence-corrected chi connectivity index (χ4v) is 2.67. The van der Waals surface area contributed by atoms with Gasteiger partial charge in [0.1, 0.15) is 15.8 Å². The van der Waals surface area contributed by atoms with Crippen molar-refractivity contribution in [3.05, 3.63) is 34.7 Å². The Labute approximate surface area is 124 Å². The van der Waals surface area contributed by atoms with Crippen molar-refractivity contribution in [2.75, 3.05) is 13.3 Å². The standard InChI is InChI=1S/C12H13N3O3S2/c1-13-11(17)9-4-3-7(18-9)5-14-10(16)8-6-20-12(15-8)19-2/h3-4,6H,5H2,1-2H3,(H,13,17)(H,14,16). The lowest BCUT2D eigenvalue weighted by molar-refractivity contribution is 0.0933. The number of furan rings is 1. The maximum atomic E-state index is 11.8. The third-order valence-corrected chi connectivity index (χ3v) is 4.29. The van der Waals surface area contributed by atoms with Crippen LogP contribution in [0.5, 0.6) is 0 Å². The summed E-state index contributed by atoms with van der Waals surface area (Å²) in [6.07, 6.45) is 1.91. The van der Waals surface area contributed by atoms with Crippen LogP contribution in [-0.2, 0) is 6.54 Å². The first-order chi connectivity index (χ1) is 9.63. The first-order valence-electron chi connectivity index (χ1n) is 5.72. The summed E-state index contributed by atoms with van der Waals surface area (Å²) in [5.41, 5.74) is 0.387. The van der Waals surface area contributed by atoms with Crippen molar-refractivity contribution < 1.29 is 14.0 Å². The van der Waals surface area contributed by atoms with Crippen LogP contribution < -0.4 is 10.6 Å². The lowest BCUT2D eigenvalue weighted by Crippen LogP contribution is -2.23. The Kier molecular flexibility index (Phi) is 4.80. The van der Waals surface area contributed by atoms with E-state index in [-0.39, 0.29) is 24.1 Å². The number of aromatic nitrogens is 1. The van der Waals surface area contributed by atoms with Crippen LogP contribution in [0.2, 0.25) is 0 Å². The number of amides is 2. The minimum absolute atomic E-state index is 0.210. The van der Waals surface area contributed by atoms with Gasteiger partial charge < -0.3 is 15.1 Å². The molecule has 2 aromatic heterocycles. The van der Waals surface area contributed by atoms with Gasteiger partial charge in [0.05, 0.1) is 6.54 Å². The summed E-state index contributed by atoms with van der Waals surface area (Å²) in [7, 11) is 1.53. The Morgan fingerprint density at radius 2 is 2.20 bits per heavy atom. The number of nitrogens with zero attached hydrogens (tertiary/aromatic N) is 1. The molecular formula is C12H13N3O3S2. The van der Waals surface area contributed by atoms with Gasteiger partial charge in [-0.25, -0.2) is 4.98 Å². The van der Waals surface area contributed by atoms with Crippen LogP contribution in [0, 0.1) is 0 Å². The highest BCUT2D eigenvalue weighted by atomic mass is 32.2. The van der Waals surface area contributed by atoms with Crippen LogP contribution in [-0.4, -0.2) is 30.1 Å². The molecule has 0 saturated carbocycles. The highest BCUT2D eigenvalue weighted by Crippen LogP contribution is 2.19. The summed E-state index contributed by atoms with van der Waals surface area (Å²) in [5, 5.41) is 6.86. The average molecular weight is 311 g/mol. The topological polar surface area (TPSA) is 84.2 Å². The first kappa shape index (κ1) is 14.6. The SMILES string of the molecule is CNC(=O)c1ccc(CNC(=O)c2csc(SC)n2)o1. The summed E-state index contributed by atoms with van der Waals surface area (Å²) in [6, 6.07) is 3.22. The summed E-state index contributed by atoms with van der Waals surface area (Å²) in [5.74, 6) is 0.165. The molecule has 0 aliphatic heterocycles. The summed E-state index contributed by atoms with van der Waals surface area (Å²) in [4.78, 5) is 27.3. The molecule has 0 bridgehead atoms. The van der Waals surface area contributed by atoms with Crippen molar-refractivity contribution in [1.29, 1.82) is 0 Å². The van der Waals surface area contributed by atoms with Crippen molar-refractivity contribution in [3.63, 3.8) is 0 Å². The smallest absolute Gasteiger partial charge is 0.286 e. The molecule has 2 heterocycles. The van der Waals surface area contributed by atoms with Gasteiger partial charge in [-0.1, -0.05) is 11.8 Å². The number of thiazole rings is 1. The summed E-state index contributed by atoms with van der Waals surface area (Å²) in [6.45, 7) is 0.210. The zero-order chi connectivity index (χ0) is 14.5. The second-order valence-corrected chi connectivity index (χ2v) is 5.64. The molecule has 6 nitrogen and oxygen atoms in total. The molecule has 0 saturated heterocycles. The normalized spacial score (nSPS) is 10.3. The number of nitrogens with one attached hydrogen (secondary N) is 2. The second-order valence-electron chi connectivity index (χ2n) is 3.73. The van der Waals surface area contributed by atoms with Crippen molar-refractivity contribution >= 4 is 34.9 Å². The minimum Gasteiger partial charge on any atom is -0.454 e. The quantitative estimate of drug-likeness (QED) is 0.822. The molecule has 0 atom stereocenters. The fraction of sp³-hybridized carbons (Fsp3) is 0.250. The molecule has 0 spiro atoms. The number of thioether (sulfide) groups is 1. The van der Waals surface area contributed by atoms with Gasteiger partial charge in [-0.05, 0) is 18.4 Å². The van der Waals surface area contributed by atoms with E-state index >= 15 is 0 Å². The lowest BCUT2D eigenvalue weighted by Gasteiger charge is -2.00. The number of hydrogen-bond donors (Lipinski definition) is 2. The van der Waals surface area contributed by atoms with Crippen LogP contribution in [0.4, 0.5) is 0 Å². The molecule has 20 heavy (non-hydrogen) atoms. The van der Waals surface area contributed by atoms with Crippen LogP contribution in [0.25, 0.3) is 0 Å². The number of carbonyl (C=O) groups is 2. The third kappa shape index (κ3) is 3.40. The average Bonchev–Trinajstić information content (AvgIpc) is 3.12. The van der Waals surface area contributed by atoms with Gasteiger partial charge in [-0.2, -0.15) is 0 Å². The Hall–Kier alpha value is -1.80. The van der Waals surface area contributed by atoms with Crippen molar-refractivity contribution in [2.24, 2.45) is 0 Å². The van der Waals surface area contributed by atoms with E-state index in [0.29, 0.717) is 11.5 Å². The van der Waals surface area contributed by atoms with Crippen molar-refractivity contribution in [2.45, 2.75) is 10.9 Å². The number of hydrogen-bond acceptors (Lipinski definition) is 6. The molecule has 2 amide bonds. The van der Waals surface area contributed by atoms with Crippen molar-refractivity contribution in [3.8, 4) is 0 Å². The zero-order valence-corrected chi connectivity index (χ0v) is 12.6. The number of carbonyl (C=O) groups excluding carboxylic acids is 2. The molecule has 106 valence electrons. The Balaban J connectivity index is 1.93. The van der Waals surface area contributed by atoms with E-state index in [1.165, 1.54) is 30.1 Å². The first-order valence-corrected chi connectivity index (χ1v) is 7.83. The molecule has 0 aromatic carbocycles. The van der Waals surface area contributed by atoms with Gasteiger partial charge >= 0.3 is 0 Å². The van der Waals surface area contributed by atoms with Crippen LogP contribution in [0.3, 0.4) is 0 Å². The predicted octanol–water partition coefficient (Wildman–Crippen LogP) is 1.75. The molecule has 0 unspecified atom stereocenters. The van der Waals surface area contributed by atoms with Gasteiger partial charge in [0.2, 0.25) is 0 Å². The largest absolute Gasteiger partial charge is 0.454 e. The molecule has 2 aromatic rings. The van der Waals surface area contributed by atoms with Crippen LogP contribution in [0.1, 0.15) is 26.8 Å². The zero-order valence-electron chi connectivity index (χ0n) is 10.9. The van der Waals surface area contributed by atoms with E-state index in [1.807, 2.05) is 6.26 Å². The molecule has 0 radical (unpaired) electrons. The van der Waals surface area contributed by atoms with Gasteiger partial charge in [-0.3, -0.25) is 9.59 Å². The maximum absolute atomic E-state index is 11.8. The molecule has 8 heteroatoms. The van der Waals surface area contributed by atoms with Crippen molar-refractivity contribution in [1.82, 2.24) is 15.6 Å². The van der Waals surface area contributed by atoms with Gasteiger partial charge in [0.15, 0.2) is 5.76 Å². The summed E-state index contributed by atoms with van der Waals surface area (Å²) >= 11 is 2.92. The number of rotatable bonds is 5. The minimum atomic E-state index is -0.299. The van der Waals surface area contributed by atoms with Crippen LogP contribution in [0.15, 0.2) is 26.3 Å². The molecule has 2 rings (SSSR count). The predicted molar refractivity (Wildman–Crippen MR) is 77.2 cm³/mol. The Morgan fingerprint density at radius 1 is 1.40 bits per heavy atom. The van der Waals surface area contributed by atoms with E-state index in [9.17, 15) is 9.59 Å². The van der Waals surface area contributed by atoms with Gasteiger partial charge in [0, 0.05) is 12.4 Å². The van der Waals surface area contributed by atoms with E-state index in [2.05, 4.69) is 15.6 Å². The molecule has 0 fully saturated rings. The fourth-order valence-electron chi connectivity index (χ4n) is 1.43. The Morgan fingerprint density at radius 3 is 2.85 bits per heavy atom. The maximum Gasteiger partial charge on any atom is 0.286 e. The van der Waals surface area contributed by atoms with Crippen LogP contribution >= 0.6 is 23.1 Å². The molecule has 2 N–H and O–H groups in total. The van der Waals surface area contributed by atoms with Gasteiger partial charge in [-0.15, -0.1) is 11.3 Å². The monoisotopic (exact) mass is 311 g/mol. The highest BCUT2D eigenvalue weighted by Gasteiger charge is 2.12. The van der Waals surface area contributed by atoms with E-state index in [0.717, 1.165) is 4.34 Å². The van der Waals surface area contributed by atoms with E-state index in [1.54, 1.807) is 17.5 Å². The highest BCUT2D eigenvalue weighted by molar-refractivity contribution is 8.00. The second kappa shape index (κ2) is 6.58. The molecular weight excluding hydrogens is 298 g/mol.